The molecule has 0 saturated heterocycles. The van der Waals surface area contributed by atoms with E-state index in [1.54, 1.807) is 38.1 Å². The van der Waals surface area contributed by atoms with E-state index in [1.165, 1.54) is 25.1 Å². The first kappa shape index (κ1) is 22.4. The Labute approximate surface area is 173 Å². The Balaban J connectivity index is 2.02. The van der Waals surface area contributed by atoms with Crippen molar-refractivity contribution in [3.8, 4) is 0 Å². The molecule has 0 fully saturated rings. The van der Waals surface area contributed by atoms with Gasteiger partial charge < -0.3 is 15.4 Å². The van der Waals surface area contributed by atoms with Crippen molar-refractivity contribution < 1.29 is 23.5 Å². The molecule has 0 saturated carbocycles. The topological polar surface area (TPSA) is 84.5 Å². The Morgan fingerprint density at radius 1 is 1.03 bits per heavy atom. The maximum Gasteiger partial charge on any atom is 0.329 e. The van der Waals surface area contributed by atoms with Crippen molar-refractivity contribution in [2.45, 2.75) is 32.9 Å². The summed E-state index contributed by atoms with van der Waals surface area (Å²) < 4.78 is 19.0. The van der Waals surface area contributed by atoms with Gasteiger partial charge in [-0.2, -0.15) is 0 Å². The SMILES string of the molecule is CC(C)[C@H](NC(=O)c1ccccc1F)C(=O)O[C@H](C)C(=O)Nc1cccc(Cl)c1. The molecule has 8 heteroatoms. The molecule has 2 aromatic carbocycles. The first-order valence-corrected chi connectivity index (χ1v) is 9.39. The highest BCUT2D eigenvalue weighted by atomic mass is 35.5. The highest BCUT2D eigenvalue weighted by Crippen LogP contribution is 2.16. The molecule has 0 aliphatic carbocycles. The minimum absolute atomic E-state index is 0.183. The number of hydrogen-bond donors (Lipinski definition) is 2. The number of amides is 2. The lowest BCUT2D eigenvalue weighted by atomic mass is 10.0. The summed E-state index contributed by atoms with van der Waals surface area (Å²) in [6.45, 7) is 4.81. The van der Waals surface area contributed by atoms with Gasteiger partial charge in [-0.1, -0.05) is 43.6 Å². The lowest BCUT2D eigenvalue weighted by Gasteiger charge is -2.23. The second kappa shape index (κ2) is 10.0. The molecule has 0 radical (unpaired) electrons. The van der Waals surface area contributed by atoms with Crippen LogP contribution < -0.4 is 10.6 Å². The Kier molecular flexibility index (Phi) is 7.73. The van der Waals surface area contributed by atoms with Crippen LogP contribution in [0.4, 0.5) is 10.1 Å². The zero-order chi connectivity index (χ0) is 21.6. The molecule has 2 aromatic rings. The van der Waals surface area contributed by atoms with Gasteiger partial charge in [0, 0.05) is 10.7 Å². The number of carbonyl (C=O) groups is 3. The minimum Gasteiger partial charge on any atom is -0.451 e. The van der Waals surface area contributed by atoms with E-state index in [0.717, 1.165) is 6.07 Å². The maximum atomic E-state index is 13.8. The maximum absolute atomic E-state index is 13.8. The molecule has 0 spiro atoms. The van der Waals surface area contributed by atoms with Crippen molar-refractivity contribution in [3.63, 3.8) is 0 Å². The number of carbonyl (C=O) groups excluding carboxylic acids is 3. The summed E-state index contributed by atoms with van der Waals surface area (Å²) >= 11 is 5.88. The van der Waals surface area contributed by atoms with Crippen LogP contribution >= 0.6 is 11.6 Å². The van der Waals surface area contributed by atoms with E-state index in [-0.39, 0.29) is 11.5 Å². The van der Waals surface area contributed by atoms with Crippen molar-refractivity contribution >= 4 is 35.1 Å². The molecular weight excluding hydrogens is 399 g/mol. The predicted molar refractivity (Wildman–Crippen MR) is 108 cm³/mol. The van der Waals surface area contributed by atoms with Gasteiger partial charge in [-0.3, -0.25) is 9.59 Å². The third-order valence-corrected chi connectivity index (χ3v) is 4.32. The van der Waals surface area contributed by atoms with E-state index in [0.29, 0.717) is 10.7 Å². The molecule has 154 valence electrons. The van der Waals surface area contributed by atoms with Crippen LogP contribution in [0.15, 0.2) is 48.5 Å². The molecule has 0 aliphatic rings. The largest absolute Gasteiger partial charge is 0.451 e. The van der Waals surface area contributed by atoms with E-state index in [2.05, 4.69) is 10.6 Å². The minimum atomic E-state index is -1.12. The van der Waals surface area contributed by atoms with E-state index in [9.17, 15) is 18.8 Å². The Morgan fingerprint density at radius 3 is 2.34 bits per heavy atom. The molecule has 2 N–H and O–H groups in total. The van der Waals surface area contributed by atoms with E-state index in [1.807, 2.05) is 0 Å². The van der Waals surface area contributed by atoms with Gasteiger partial charge in [-0.25, -0.2) is 9.18 Å². The lowest BCUT2D eigenvalue weighted by Crippen LogP contribution is -2.47. The Morgan fingerprint density at radius 2 is 1.72 bits per heavy atom. The molecule has 29 heavy (non-hydrogen) atoms. The van der Waals surface area contributed by atoms with Crippen molar-refractivity contribution in [3.05, 3.63) is 64.9 Å². The smallest absolute Gasteiger partial charge is 0.329 e. The molecule has 2 atom stereocenters. The number of ether oxygens (including phenoxy) is 1. The summed E-state index contributed by atoms with van der Waals surface area (Å²) in [6, 6.07) is 10.9. The monoisotopic (exact) mass is 420 g/mol. The molecule has 2 amide bonds. The van der Waals surface area contributed by atoms with Gasteiger partial charge in [0.1, 0.15) is 11.9 Å². The van der Waals surface area contributed by atoms with Crippen LogP contribution in [0, 0.1) is 11.7 Å². The van der Waals surface area contributed by atoms with Gasteiger partial charge in [-0.15, -0.1) is 0 Å². The predicted octanol–water partition coefficient (Wildman–Crippen LogP) is 3.80. The molecule has 0 unspecified atom stereocenters. The van der Waals surface area contributed by atoms with Crippen LogP contribution in [0.5, 0.6) is 0 Å². The first-order chi connectivity index (χ1) is 13.7. The number of benzene rings is 2. The van der Waals surface area contributed by atoms with Crippen molar-refractivity contribution in [1.29, 1.82) is 0 Å². The van der Waals surface area contributed by atoms with Gasteiger partial charge in [-0.05, 0) is 43.2 Å². The lowest BCUT2D eigenvalue weighted by molar-refractivity contribution is -0.156. The Bertz CT molecular complexity index is 904. The van der Waals surface area contributed by atoms with Crippen LogP contribution in [0.2, 0.25) is 5.02 Å². The highest BCUT2D eigenvalue weighted by Gasteiger charge is 2.29. The molecule has 0 bridgehead atoms. The highest BCUT2D eigenvalue weighted by molar-refractivity contribution is 6.30. The van der Waals surface area contributed by atoms with Crippen LogP contribution in [0.25, 0.3) is 0 Å². The van der Waals surface area contributed by atoms with Crippen LogP contribution in [-0.2, 0) is 14.3 Å². The summed E-state index contributed by atoms with van der Waals surface area (Å²) in [4.78, 5) is 37.1. The average molecular weight is 421 g/mol. The Hall–Kier alpha value is -2.93. The number of esters is 1. The molecule has 0 aliphatic heterocycles. The molecule has 0 heterocycles. The van der Waals surface area contributed by atoms with Crippen molar-refractivity contribution in [1.82, 2.24) is 5.32 Å². The fourth-order valence-corrected chi connectivity index (χ4v) is 2.66. The van der Waals surface area contributed by atoms with Crippen LogP contribution in [-0.4, -0.2) is 29.9 Å². The number of anilines is 1. The summed E-state index contributed by atoms with van der Waals surface area (Å²) in [6.07, 6.45) is -1.12. The van der Waals surface area contributed by atoms with Gasteiger partial charge in [0.05, 0.1) is 5.56 Å². The van der Waals surface area contributed by atoms with E-state index in [4.69, 9.17) is 16.3 Å². The van der Waals surface area contributed by atoms with Gasteiger partial charge >= 0.3 is 5.97 Å². The third kappa shape index (κ3) is 6.29. The van der Waals surface area contributed by atoms with Crippen molar-refractivity contribution in [2.24, 2.45) is 5.92 Å². The molecule has 6 nitrogen and oxygen atoms in total. The zero-order valence-corrected chi connectivity index (χ0v) is 17.0. The normalized spacial score (nSPS) is 12.8. The fourth-order valence-electron chi connectivity index (χ4n) is 2.47. The van der Waals surface area contributed by atoms with Crippen LogP contribution in [0.3, 0.4) is 0 Å². The van der Waals surface area contributed by atoms with Gasteiger partial charge in [0.25, 0.3) is 11.8 Å². The third-order valence-electron chi connectivity index (χ3n) is 4.08. The number of nitrogens with one attached hydrogen (secondary N) is 2. The second-order valence-corrected chi connectivity index (χ2v) is 7.19. The molecular formula is C21H22ClFN2O4. The zero-order valence-electron chi connectivity index (χ0n) is 16.2. The summed E-state index contributed by atoms with van der Waals surface area (Å²) in [5, 5.41) is 5.51. The standard InChI is InChI=1S/C21H22ClFN2O4/c1-12(2)18(25-20(27)16-9-4-5-10-17(16)23)21(28)29-13(3)19(26)24-15-8-6-7-14(22)11-15/h4-13,18H,1-3H3,(H,24,26)(H,25,27)/t13-,18+/m1/s1. The van der Waals surface area contributed by atoms with Crippen molar-refractivity contribution in [2.75, 3.05) is 5.32 Å². The van der Waals surface area contributed by atoms with E-state index < -0.39 is 35.7 Å². The molecule has 0 aromatic heterocycles. The van der Waals surface area contributed by atoms with Gasteiger partial charge in [0.15, 0.2) is 6.10 Å². The first-order valence-electron chi connectivity index (χ1n) is 9.01. The molecule has 2 rings (SSSR count). The summed E-state index contributed by atoms with van der Waals surface area (Å²) in [7, 11) is 0. The quantitative estimate of drug-likeness (QED) is 0.667. The van der Waals surface area contributed by atoms with Gasteiger partial charge in [0.2, 0.25) is 0 Å². The van der Waals surface area contributed by atoms with Crippen LogP contribution in [0.1, 0.15) is 31.1 Å². The second-order valence-electron chi connectivity index (χ2n) is 6.75. The number of halogens is 2. The fraction of sp³-hybridized carbons (Fsp3) is 0.286. The summed E-state index contributed by atoms with van der Waals surface area (Å²) in [5.41, 5.74) is 0.274. The van der Waals surface area contributed by atoms with E-state index >= 15 is 0 Å². The number of rotatable bonds is 7. The number of hydrogen-bond acceptors (Lipinski definition) is 4. The summed E-state index contributed by atoms with van der Waals surface area (Å²) in [5.74, 6) is -3.13. The average Bonchev–Trinajstić information content (AvgIpc) is 2.65.